The van der Waals surface area contributed by atoms with Gasteiger partial charge in [0.25, 0.3) is 0 Å². The highest BCUT2D eigenvalue weighted by Crippen LogP contribution is 2.22. The summed E-state index contributed by atoms with van der Waals surface area (Å²) in [5.41, 5.74) is 1.50. The third-order valence-corrected chi connectivity index (χ3v) is 5.19. The first kappa shape index (κ1) is 21.8. The van der Waals surface area contributed by atoms with Crippen LogP contribution in [0.15, 0.2) is 57.7 Å². The van der Waals surface area contributed by atoms with Crippen molar-refractivity contribution in [2.45, 2.75) is 64.7 Å². The van der Waals surface area contributed by atoms with Crippen LogP contribution in [-0.4, -0.2) is 10.9 Å². The van der Waals surface area contributed by atoms with Crippen molar-refractivity contribution >= 4 is 22.5 Å². The summed E-state index contributed by atoms with van der Waals surface area (Å²) in [5.74, 6) is 0.254. The fraction of sp³-hybridized carbons (Fsp3) is 0.400. The molecule has 0 aliphatic rings. The van der Waals surface area contributed by atoms with Gasteiger partial charge in [0.2, 0.25) is 11.8 Å². The molecule has 0 radical (unpaired) electrons. The van der Waals surface area contributed by atoms with E-state index in [1.165, 1.54) is 38.5 Å². The van der Waals surface area contributed by atoms with Gasteiger partial charge < -0.3 is 9.73 Å². The normalized spacial score (nSPS) is 11.0. The Morgan fingerprint density at radius 3 is 2.47 bits per heavy atom. The molecule has 2 aromatic carbocycles. The molecule has 5 nitrogen and oxygen atoms in total. The highest BCUT2D eigenvalue weighted by atomic mass is 16.4. The van der Waals surface area contributed by atoms with Crippen LogP contribution in [-0.2, 0) is 4.79 Å². The molecule has 0 bridgehead atoms. The standard InChI is InChI=1S/C25H30N2O3/c1-2-3-4-5-6-7-8-9-17-23(28)26-20-14-12-13-19(18-20)24-27-22-16-11-10-15-21(22)25(29)30-24/h10-16,18H,2-9,17H2,1H3,(H,26,28). The Balaban J connectivity index is 1.53. The molecule has 0 saturated carbocycles. The number of hydrogen-bond donors (Lipinski definition) is 1. The van der Waals surface area contributed by atoms with E-state index < -0.39 is 5.63 Å². The van der Waals surface area contributed by atoms with Gasteiger partial charge >= 0.3 is 5.63 Å². The van der Waals surface area contributed by atoms with Crippen molar-refractivity contribution in [2.24, 2.45) is 0 Å². The van der Waals surface area contributed by atoms with Crippen molar-refractivity contribution in [3.8, 4) is 11.5 Å². The van der Waals surface area contributed by atoms with E-state index in [4.69, 9.17) is 4.42 Å². The SMILES string of the molecule is CCCCCCCCCCC(=O)Nc1cccc(-c2nc3ccccc3c(=O)o2)c1. The fourth-order valence-corrected chi connectivity index (χ4v) is 3.52. The van der Waals surface area contributed by atoms with Gasteiger partial charge in [-0.1, -0.05) is 70.1 Å². The minimum absolute atomic E-state index is 0.00561. The second kappa shape index (κ2) is 11.3. The molecule has 158 valence electrons. The van der Waals surface area contributed by atoms with Gasteiger partial charge in [0.05, 0.1) is 10.9 Å². The van der Waals surface area contributed by atoms with Crippen molar-refractivity contribution in [3.63, 3.8) is 0 Å². The second-order valence-electron chi connectivity index (χ2n) is 7.68. The van der Waals surface area contributed by atoms with E-state index in [0.717, 1.165) is 12.8 Å². The van der Waals surface area contributed by atoms with E-state index >= 15 is 0 Å². The van der Waals surface area contributed by atoms with Gasteiger partial charge in [-0.25, -0.2) is 9.78 Å². The summed E-state index contributed by atoms with van der Waals surface area (Å²) < 4.78 is 5.38. The van der Waals surface area contributed by atoms with E-state index in [0.29, 0.717) is 28.6 Å². The lowest BCUT2D eigenvalue weighted by Crippen LogP contribution is -2.11. The minimum atomic E-state index is -0.417. The van der Waals surface area contributed by atoms with Crippen molar-refractivity contribution in [2.75, 3.05) is 5.32 Å². The highest BCUT2D eigenvalue weighted by molar-refractivity contribution is 5.91. The van der Waals surface area contributed by atoms with Gasteiger partial charge in [-0.15, -0.1) is 0 Å². The van der Waals surface area contributed by atoms with Gasteiger partial charge in [0.1, 0.15) is 0 Å². The zero-order chi connectivity index (χ0) is 21.2. The Morgan fingerprint density at radius 2 is 1.67 bits per heavy atom. The van der Waals surface area contributed by atoms with E-state index in [2.05, 4.69) is 17.2 Å². The fourth-order valence-electron chi connectivity index (χ4n) is 3.52. The molecule has 1 N–H and O–H groups in total. The summed E-state index contributed by atoms with van der Waals surface area (Å²) in [4.78, 5) is 28.9. The maximum absolute atomic E-state index is 12.3. The summed E-state index contributed by atoms with van der Waals surface area (Å²) in [6, 6.07) is 14.3. The van der Waals surface area contributed by atoms with Crippen molar-refractivity contribution in [3.05, 3.63) is 59.0 Å². The summed E-state index contributed by atoms with van der Waals surface area (Å²) >= 11 is 0. The summed E-state index contributed by atoms with van der Waals surface area (Å²) in [6.07, 6.45) is 10.2. The van der Waals surface area contributed by atoms with Gasteiger partial charge in [-0.05, 0) is 36.8 Å². The van der Waals surface area contributed by atoms with Crippen molar-refractivity contribution < 1.29 is 9.21 Å². The Morgan fingerprint density at radius 1 is 0.933 bits per heavy atom. The number of hydrogen-bond acceptors (Lipinski definition) is 4. The Kier molecular flexibility index (Phi) is 8.19. The average Bonchev–Trinajstić information content (AvgIpc) is 2.76. The molecule has 3 rings (SSSR count). The first-order valence-electron chi connectivity index (χ1n) is 11.0. The van der Waals surface area contributed by atoms with Gasteiger partial charge in [0.15, 0.2) is 0 Å². The Hall–Kier alpha value is -2.95. The maximum Gasteiger partial charge on any atom is 0.347 e. The molecule has 0 unspecified atom stereocenters. The highest BCUT2D eigenvalue weighted by Gasteiger charge is 2.10. The predicted octanol–water partition coefficient (Wildman–Crippen LogP) is 6.32. The van der Waals surface area contributed by atoms with Crippen LogP contribution < -0.4 is 10.9 Å². The number of carbonyl (C=O) groups is 1. The average molecular weight is 407 g/mol. The van der Waals surface area contributed by atoms with Crippen LogP contribution in [0.2, 0.25) is 0 Å². The number of nitrogens with one attached hydrogen (secondary N) is 1. The topological polar surface area (TPSA) is 72.2 Å². The number of amides is 1. The molecule has 0 saturated heterocycles. The lowest BCUT2D eigenvalue weighted by Gasteiger charge is -2.07. The quantitative estimate of drug-likeness (QED) is 0.378. The smallest absolute Gasteiger partial charge is 0.347 e. The number of anilines is 1. The molecule has 1 amide bonds. The number of unbranched alkanes of at least 4 members (excludes halogenated alkanes) is 7. The molecule has 0 atom stereocenters. The molecule has 30 heavy (non-hydrogen) atoms. The third-order valence-electron chi connectivity index (χ3n) is 5.19. The lowest BCUT2D eigenvalue weighted by molar-refractivity contribution is -0.116. The third kappa shape index (κ3) is 6.28. The Bertz CT molecular complexity index is 1030. The molecule has 3 aromatic rings. The molecule has 0 aliphatic heterocycles. The number of carbonyl (C=O) groups excluding carboxylic acids is 1. The second-order valence-corrected chi connectivity index (χ2v) is 7.68. The van der Waals surface area contributed by atoms with Gasteiger partial charge in [-0.2, -0.15) is 0 Å². The molecule has 5 heteroatoms. The van der Waals surface area contributed by atoms with Crippen LogP contribution >= 0.6 is 0 Å². The zero-order valence-corrected chi connectivity index (χ0v) is 17.7. The molecular formula is C25H30N2O3. The van der Waals surface area contributed by atoms with Crippen LogP contribution in [0.4, 0.5) is 5.69 Å². The van der Waals surface area contributed by atoms with Crippen molar-refractivity contribution in [1.82, 2.24) is 4.98 Å². The molecule has 1 aromatic heterocycles. The maximum atomic E-state index is 12.3. The van der Waals surface area contributed by atoms with E-state index in [-0.39, 0.29) is 11.8 Å². The molecule has 0 spiro atoms. The number of nitrogens with zero attached hydrogens (tertiary/aromatic N) is 1. The number of benzene rings is 2. The van der Waals surface area contributed by atoms with E-state index in [9.17, 15) is 9.59 Å². The van der Waals surface area contributed by atoms with E-state index in [1.807, 2.05) is 24.3 Å². The van der Waals surface area contributed by atoms with Crippen LogP contribution in [0, 0.1) is 0 Å². The molecule has 0 fully saturated rings. The van der Waals surface area contributed by atoms with Crippen LogP contribution in [0.25, 0.3) is 22.4 Å². The number of fused-ring (bicyclic) bond motifs is 1. The number of aromatic nitrogens is 1. The molecule has 0 aliphatic carbocycles. The van der Waals surface area contributed by atoms with Crippen LogP contribution in [0.1, 0.15) is 64.7 Å². The van der Waals surface area contributed by atoms with Gasteiger partial charge in [0, 0.05) is 17.7 Å². The predicted molar refractivity (Wildman–Crippen MR) is 122 cm³/mol. The van der Waals surface area contributed by atoms with Crippen LogP contribution in [0.3, 0.4) is 0 Å². The zero-order valence-electron chi connectivity index (χ0n) is 17.7. The molecular weight excluding hydrogens is 376 g/mol. The summed E-state index contributed by atoms with van der Waals surface area (Å²) in [7, 11) is 0. The minimum Gasteiger partial charge on any atom is -0.403 e. The molecule has 1 heterocycles. The largest absolute Gasteiger partial charge is 0.403 e. The first-order chi connectivity index (χ1) is 14.7. The first-order valence-corrected chi connectivity index (χ1v) is 11.0. The van der Waals surface area contributed by atoms with Crippen LogP contribution in [0.5, 0.6) is 0 Å². The van der Waals surface area contributed by atoms with Gasteiger partial charge in [-0.3, -0.25) is 4.79 Å². The summed E-state index contributed by atoms with van der Waals surface area (Å²) in [5, 5.41) is 3.39. The Labute approximate surface area is 177 Å². The lowest BCUT2D eigenvalue weighted by atomic mass is 10.1. The number of para-hydroxylation sites is 1. The monoisotopic (exact) mass is 406 g/mol. The number of rotatable bonds is 11. The van der Waals surface area contributed by atoms with Crippen molar-refractivity contribution in [1.29, 1.82) is 0 Å². The van der Waals surface area contributed by atoms with E-state index in [1.54, 1.807) is 24.3 Å². The summed E-state index contributed by atoms with van der Waals surface area (Å²) in [6.45, 7) is 2.22.